The van der Waals surface area contributed by atoms with Crippen LogP contribution in [-0.4, -0.2) is 35.1 Å². The van der Waals surface area contributed by atoms with Crippen LogP contribution in [0.1, 0.15) is 26.6 Å². The standard InChI is InChI=1S/C11H15N7/c1-11(2,3)15-4-7-16-17-10-8-9(13-5-12-8)14-6-18(7)10/h5-6,15H,4H2,1-3H3,(H,12,13). The Bertz CT molecular complexity index is 688. The Morgan fingerprint density at radius 1 is 1.28 bits per heavy atom. The van der Waals surface area contributed by atoms with Crippen molar-refractivity contribution >= 4 is 16.8 Å². The van der Waals surface area contributed by atoms with Gasteiger partial charge in [0, 0.05) is 5.54 Å². The summed E-state index contributed by atoms with van der Waals surface area (Å²) >= 11 is 0. The summed E-state index contributed by atoms with van der Waals surface area (Å²) in [6, 6.07) is 0. The van der Waals surface area contributed by atoms with Gasteiger partial charge in [0.15, 0.2) is 17.1 Å². The Morgan fingerprint density at radius 3 is 2.89 bits per heavy atom. The summed E-state index contributed by atoms with van der Waals surface area (Å²) in [5, 5.41) is 11.8. The predicted octanol–water partition coefficient (Wildman–Crippen LogP) is 0.889. The molecule has 0 radical (unpaired) electrons. The molecule has 0 unspecified atom stereocenters. The molecule has 3 rings (SSSR count). The summed E-state index contributed by atoms with van der Waals surface area (Å²) in [5.41, 5.74) is 2.26. The molecule has 18 heavy (non-hydrogen) atoms. The summed E-state index contributed by atoms with van der Waals surface area (Å²) in [6.45, 7) is 6.98. The Hall–Kier alpha value is -2.02. The van der Waals surface area contributed by atoms with Gasteiger partial charge in [0.2, 0.25) is 0 Å². The van der Waals surface area contributed by atoms with Gasteiger partial charge in [0.25, 0.3) is 0 Å². The second kappa shape index (κ2) is 3.74. The lowest BCUT2D eigenvalue weighted by Crippen LogP contribution is -2.35. The Kier molecular flexibility index (Phi) is 2.30. The third kappa shape index (κ3) is 1.82. The summed E-state index contributed by atoms with van der Waals surface area (Å²) < 4.78 is 1.87. The van der Waals surface area contributed by atoms with Crippen LogP contribution in [0.3, 0.4) is 0 Å². The topological polar surface area (TPSA) is 83.8 Å². The van der Waals surface area contributed by atoms with Gasteiger partial charge in [-0.25, -0.2) is 9.97 Å². The van der Waals surface area contributed by atoms with Crippen LogP contribution in [0.2, 0.25) is 0 Å². The Balaban J connectivity index is 2.03. The quantitative estimate of drug-likeness (QED) is 0.700. The molecule has 0 spiro atoms. The monoisotopic (exact) mass is 245 g/mol. The van der Waals surface area contributed by atoms with Crippen LogP contribution in [0.25, 0.3) is 16.8 Å². The minimum Gasteiger partial charge on any atom is -0.340 e. The third-order valence-electron chi connectivity index (χ3n) is 2.68. The maximum absolute atomic E-state index is 4.26. The van der Waals surface area contributed by atoms with E-state index in [0.717, 1.165) is 17.0 Å². The third-order valence-corrected chi connectivity index (χ3v) is 2.68. The zero-order valence-electron chi connectivity index (χ0n) is 10.6. The molecule has 3 aromatic rings. The first-order chi connectivity index (χ1) is 8.54. The molecule has 0 saturated heterocycles. The van der Waals surface area contributed by atoms with Crippen LogP contribution < -0.4 is 5.32 Å². The van der Waals surface area contributed by atoms with Gasteiger partial charge in [-0.3, -0.25) is 4.40 Å². The molecule has 0 saturated carbocycles. The van der Waals surface area contributed by atoms with Crippen molar-refractivity contribution in [2.75, 3.05) is 0 Å². The predicted molar refractivity (Wildman–Crippen MR) is 67.0 cm³/mol. The average molecular weight is 245 g/mol. The maximum Gasteiger partial charge on any atom is 0.189 e. The number of fused-ring (bicyclic) bond motifs is 3. The SMILES string of the molecule is CC(C)(C)NCc1nnc2c3[nH]cnc3ncn12. The normalized spacial score (nSPS) is 12.6. The number of nitrogens with one attached hydrogen (secondary N) is 2. The number of aromatic nitrogens is 6. The van der Waals surface area contributed by atoms with Gasteiger partial charge in [-0.1, -0.05) is 0 Å². The fraction of sp³-hybridized carbons (Fsp3) is 0.455. The lowest BCUT2D eigenvalue weighted by Gasteiger charge is -2.19. The molecule has 3 aromatic heterocycles. The van der Waals surface area contributed by atoms with Gasteiger partial charge in [-0.15, -0.1) is 10.2 Å². The molecule has 0 aromatic carbocycles. The minimum atomic E-state index is 0.0390. The van der Waals surface area contributed by atoms with Crippen molar-refractivity contribution in [1.29, 1.82) is 0 Å². The van der Waals surface area contributed by atoms with Crippen molar-refractivity contribution < 1.29 is 0 Å². The first-order valence-corrected chi connectivity index (χ1v) is 5.81. The molecular formula is C11H15N7. The molecule has 0 atom stereocenters. The average Bonchev–Trinajstić information content (AvgIpc) is 2.91. The van der Waals surface area contributed by atoms with Gasteiger partial charge in [-0.05, 0) is 20.8 Å². The second-order valence-corrected chi connectivity index (χ2v) is 5.26. The highest BCUT2D eigenvalue weighted by Crippen LogP contribution is 2.13. The van der Waals surface area contributed by atoms with Gasteiger partial charge in [-0.2, -0.15) is 0 Å². The molecule has 0 aliphatic rings. The zero-order valence-corrected chi connectivity index (χ0v) is 10.6. The summed E-state index contributed by atoms with van der Waals surface area (Å²) in [4.78, 5) is 11.4. The largest absolute Gasteiger partial charge is 0.340 e. The highest BCUT2D eigenvalue weighted by Gasteiger charge is 2.14. The van der Waals surface area contributed by atoms with E-state index in [2.05, 4.69) is 51.2 Å². The van der Waals surface area contributed by atoms with E-state index in [1.54, 1.807) is 12.7 Å². The number of hydrogen-bond acceptors (Lipinski definition) is 5. The lowest BCUT2D eigenvalue weighted by molar-refractivity contribution is 0.416. The van der Waals surface area contributed by atoms with Gasteiger partial charge < -0.3 is 10.3 Å². The van der Waals surface area contributed by atoms with Crippen LogP contribution in [0, 0.1) is 0 Å². The minimum absolute atomic E-state index is 0.0390. The molecule has 7 nitrogen and oxygen atoms in total. The fourth-order valence-corrected chi connectivity index (χ4v) is 1.74. The van der Waals surface area contributed by atoms with Crippen molar-refractivity contribution in [1.82, 2.24) is 34.9 Å². The molecule has 0 fully saturated rings. The van der Waals surface area contributed by atoms with Crippen molar-refractivity contribution in [2.45, 2.75) is 32.9 Å². The zero-order chi connectivity index (χ0) is 12.8. The Morgan fingerprint density at radius 2 is 2.11 bits per heavy atom. The summed E-state index contributed by atoms with van der Waals surface area (Å²) in [7, 11) is 0. The van der Waals surface area contributed by atoms with Crippen LogP contribution in [0.4, 0.5) is 0 Å². The molecular weight excluding hydrogens is 230 g/mol. The molecule has 0 aliphatic heterocycles. The highest BCUT2D eigenvalue weighted by atomic mass is 15.3. The molecule has 0 bridgehead atoms. The second-order valence-electron chi connectivity index (χ2n) is 5.26. The highest BCUT2D eigenvalue weighted by molar-refractivity contribution is 5.84. The van der Waals surface area contributed by atoms with Gasteiger partial charge >= 0.3 is 0 Å². The van der Waals surface area contributed by atoms with Crippen LogP contribution in [-0.2, 0) is 6.54 Å². The number of rotatable bonds is 2. The maximum atomic E-state index is 4.26. The number of hydrogen-bond donors (Lipinski definition) is 2. The molecule has 3 heterocycles. The molecule has 0 aliphatic carbocycles. The molecule has 0 amide bonds. The Labute approximate surface area is 104 Å². The number of imidazole rings is 1. The van der Waals surface area contributed by atoms with E-state index in [1.807, 2.05) is 4.40 Å². The smallest absolute Gasteiger partial charge is 0.189 e. The van der Waals surface area contributed by atoms with E-state index in [-0.39, 0.29) is 5.54 Å². The van der Waals surface area contributed by atoms with E-state index in [9.17, 15) is 0 Å². The van der Waals surface area contributed by atoms with Crippen molar-refractivity contribution in [3.63, 3.8) is 0 Å². The number of H-pyrrole nitrogens is 1. The lowest BCUT2D eigenvalue weighted by atomic mass is 10.1. The van der Waals surface area contributed by atoms with E-state index >= 15 is 0 Å². The fourth-order valence-electron chi connectivity index (χ4n) is 1.74. The van der Waals surface area contributed by atoms with Crippen molar-refractivity contribution in [3.05, 3.63) is 18.5 Å². The van der Waals surface area contributed by atoms with Crippen LogP contribution in [0.5, 0.6) is 0 Å². The first-order valence-electron chi connectivity index (χ1n) is 5.81. The van der Waals surface area contributed by atoms with E-state index in [0.29, 0.717) is 12.2 Å². The number of aromatic amines is 1. The van der Waals surface area contributed by atoms with Crippen molar-refractivity contribution in [2.24, 2.45) is 0 Å². The molecule has 7 heteroatoms. The van der Waals surface area contributed by atoms with Gasteiger partial charge in [0.05, 0.1) is 12.9 Å². The van der Waals surface area contributed by atoms with E-state index in [1.165, 1.54) is 0 Å². The van der Waals surface area contributed by atoms with E-state index in [4.69, 9.17) is 0 Å². The van der Waals surface area contributed by atoms with E-state index < -0.39 is 0 Å². The van der Waals surface area contributed by atoms with Crippen LogP contribution >= 0.6 is 0 Å². The molecule has 2 N–H and O–H groups in total. The summed E-state index contributed by atoms with van der Waals surface area (Å²) in [5.74, 6) is 0.837. The van der Waals surface area contributed by atoms with Gasteiger partial charge in [0.1, 0.15) is 11.8 Å². The number of nitrogens with zero attached hydrogens (tertiary/aromatic N) is 5. The first kappa shape index (κ1) is 11.1. The van der Waals surface area contributed by atoms with Crippen molar-refractivity contribution in [3.8, 4) is 0 Å². The van der Waals surface area contributed by atoms with Crippen LogP contribution in [0.15, 0.2) is 12.7 Å². The summed E-state index contributed by atoms with van der Waals surface area (Å²) in [6.07, 6.45) is 3.32. The molecule has 94 valence electrons.